The average Bonchev–Trinajstić information content (AvgIpc) is 2.93. The van der Waals surface area contributed by atoms with Crippen LogP contribution in [0.1, 0.15) is 33.0 Å². The van der Waals surface area contributed by atoms with Gasteiger partial charge in [-0.25, -0.2) is 4.79 Å². The highest BCUT2D eigenvalue weighted by atomic mass is 19.4. The van der Waals surface area contributed by atoms with E-state index in [-0.39, 0.29) is 23.8 Å². The molecular weight excluding hydrogens is 460 g/mol. The smallest absolute Gasteiger partial charge is 0.491 e. The first-order chi connectivity index (χ1) is 15.3. The third kappa shape index (κ3) is 4.94. The molecule has 0 fully saturated rings. The Morgan fingerprint density at radius 1 is 1.06 bits per heavy atom. The van der Waals surface area contributed by atoms with Crippen molar-refractivity contribution < 1.29 is 50.6 Å². The summed E-state index contributed by atoms with van der Waals surface area (Å²) in [5.74, 6) is -7.86. The Hall–Kier alpha value is -3.57. The number of hydrogen-bond donors (Lipinski definition) is 1. The fourth-order valence-electron chi connectivity index (χ4n) is 3.67. The lowest BCUT2D eigenvalue weighted by atomic mass is 9.85. The maximum absolute atomic E-state index is 13.1. The third-order valence-corrected chi connectivity index (χ3v) is 5.14. The zero-order valence-corrected chi connectivity index (χ0v) is 16.5. The molecule has 6 nitrogen and oxygen atoms in total. The van der Waals surface area contributed by atoms with Crippen LogP contribution in [0.3, 0.4) is 0 Å². The molecule has 1 heterocycles. The molecule has 1 N–H and O–H groups in total. The molecule has 1 unspecified atom stereocenters. The van der Waals surface area contributed by atoms with Gasteiger partial charge in [0.2, 0.25) is 0 Å². The van der Waals surface area contributed by atoms with Gasteiger partial charge in [0.1, 0.15) is 0 Å². The highest BCUT2D eigenvalue weighted by Gasteiger charge is 2.45. The number of esters is 1. The fraction of sp³-hybridized carbons (Fsp3) is 0.286. The fourth-order valence-corrected chi connectivity index (χ4v) is 3.67. The molecule has 0 aromatic heterocycles. The van der Waals surface area contributed by atoms with Crippen molar-refractivity contribution in [2.45, 2.75) is 24.7 Å². The number of benzene rings is 2. The number of carbonyl (C=O) groups is 3. The van der Waals surface area contributed by atoms with Gasteiger partial charge in [-0.3, -0.25) is 9.59 Å². The van der Waals surface area contributed by atoms with Gasteiger partial charge < -0.3 is 14.7 Å². The minimum absolute atomic E-state index is 0.0284. The highest BCUT2D eigenvalue weighted by molar-refractivity contribution is 5.87. The van der Waals surface area contributed by atoms with Crippen LogP contribution in [-0.2, 0) is 16.0 Å². The number of aromatic hydroxyl groups is 1. The van der Waals surface area contributed by atoms with Gasteiger partial charge in [0, 0.05) is 19.0 Å². The summed E-state index contributed by atoms with van der Waals surface area (Å²) in [5.41, 5.74) is -0.0832. The van der Waals surface area contributed by atoms with E-state index in [1.54, 1.807) is 18.2 Å². The Morgan fingerprint density at radius 2 is 1.70 bits per heavy atom. The van der Waals surface area contributed by atoms with Crippen LogP contribution in [0.2, 0.25) is 0 Å². The van der Waals surface area contributed by atoms with Crippen molar-refractivity contribution in [3.8, 4) is 11.5 Å². The Bertz CT molecular complexity index is 1080. The standard InChI is InChI=1S/C21H15F6NO5/c22-20(23,24)18(31)28-7-6-12-13(14(9-28)11-4-2-1-3-5-11)8-16(17(30)15(12)10-29)33-19(32)21(25,26)27/h1-5,8,10,14,30H,6-7,9H2. The van der Waals surface area contributed by atoms with E-state index in [1.165, 1.54) is 12.1 Å². The van der Waals surface area contributed by atoms with Crippen molar-refractivity contribution in [3.05, 3.63) is 58.7 Å². The van der Waals surface area contributed by atoms with E-state index in [0.29, 0.717) is 10.5 Å². The molecule has 0 aliphatic carbocycles. The maximum Gasteiger partial charge on any atom is 0.491 e. The van der Waals surface area contributed by atoms with E-state index in [4.69, 9.17) is 0 Å². The first-order valence-corrected chi connectivity index (χ1v) is 9.38. The van der Waals surface area contributed by atoms with E-state index < -0.39 is 60.3 Å². The number of nitrogens with zero attached hydrogens (tertiary/aromatic N) is 1. The molecule has 2 aromatic carbocycles. The zero-order valence-electron chi connectivity index (χ0n) is 16.5. The minimum atomic E-state index is -5.41. The number of phenolic OH excluding ortho intramolecular Hbond substituents is 1. The molecule has 1 atom stereocenters. The van der Waals surface area contributed by atoms with Gasteiger partial charge in [-0.15, -0.1) is 0 Å². The van der Waals surface area contributed by atoms with Gasteiger partial charge in [-0.05, 0) is 29.2 Å². The van der Waals surface area contributed by atoms with E-state index in [9.17, 15) is 45.8 Å². The lowest BCUT2D eigenvalue weighted by Gasteiger charge is -2.26. The first-order valence-electron chi connectivity index (χ1n) is 9.38. The van der Waals surface area contributed by atoms with Crippen molar-refractivity contribution in [3.63, 3.8) is 0 Å². The molecule has 176 valence electrons. The predicted octanol–water partition coefficient (Wildman–Crippen LogP) is 3.75. The number of hydrogen-bond acceptors (Lipinski definition) is 5. The number of fused-ring (bicyclic) bond motifs is 1. The molecule has 1 aliphatic rings. The molecule has 12 heteroatoms. The highest BCUT2D eigenvalue weighted by Crippen LogP contribution is 2.42. The second-order valence-electron chi connectivity index (χ2n) is 7.17. The number of alkyl halides is 6. The van der Waals surface area contributed by atoms with Crippen LogP contribution in [0, 0.1) is 0 Å². The molecule has 1 aliphatic heterocycles. The number of amides is 1. The number of phenols is 1. The molecule has 0 saturated carbocycles. The summed E-state index contributed by atoms with van der Waals surface area (Å²) in [6, 6.07) is 8.64. The second kappa shape index (κ2) is 8.75. The van der Waals surface area contributed by atoms with Crippen molar-refractivity contribution >= 4 is 18.2 Å². The summed E-state index contributed by atoms with van der Waals surface area (Å²) < 4.78 is 81.6. The predicted molar refractivity (Wildman–Crippen MR) is 99.8 cm³/mol. The van der Waals surface area contributed by atoms with Crippen LogP contribution in [0.25, 0.3) is 0 Å². The normalized spacial score (nSPS) is 16.5. The molecule has 1 amide bonds. The number of rotatable bonds is 3. The number of halogens is 6. The van der Waals surface area contributed by atoms with Crippen LogP contribution >= 0.6 is 0 Å². The lowest BCUT2D eigenvalue weighted by Crippen LogP contribution is -2.43. The molecule has 3 rings (SSSR count). The summed E-state index contributed by atoms with van der Waals surface area (Å²) in [7, 11) is 0. The summed E-state index contributed by atoms with van der Waals surface area (Å²) in [6.07, 6.45) is -10.8. The van der Waals surface area contributed by atoms with Gasteiger partial charge in [-0.2, -0.15) is 26.3 Å². The van der Waals surface area contributed by atoms with E-state index >= 15 is 0 Å². The van der Waals surface area contributed by atoms with Crippen LogP contribution in [-0.4, -0.2) is 53.6 Å². The lowest BCUT2D eigenvalue weighted by molar-refractivity contribution is -0.189. The summed E-state index contributed by atoms with van der Waals surface area (Å²) in [5, 5.41) is 10.3. The quantitative estimate of drug-likeness (QED) is 0.317. The summed E-state index contributed by atoms with van der Waals surface area (Å²) in [6.45, 7) is -0.998. The van der Waals surface area contributed by atoms with Gasteiger partial charge >= 0.3 is 24.2 Å². The molecule has 33 heavy (non-hydrogen) atoms. The minimum Gasteiger partial charge on any atom is -0.504 e. The molecule has 2 aromatic rings. The first kappa shape index (κ1) is 24.1. The Labute approximate surface area is 182 Å². The molecular formula is C21H15F6NO5. The van der Waals surface area contributed by atoms with Crippen molar-refractivity contribution in [2.24, 2.45) is 0 Å². The van der Waals surface area contributed by atoms with Crippen LogP contribution in [0.15, 0.2) is 36.4 Å². The molecule has 0 saturated heterocycles. The van der Waals surface area contributed by atoms with Gasteiger partial charge in [0.05, 0.1) is 5.56 Å². The number of aldehydes is 1. The molecule has 0 spiro atoms. The van der Waals surface area contributed by atoms with Crippen LogP contribution in [0.5, 0.6) is 11.5 Å². The second-order valence-corrected chi connectivity index (χ2v) is 7.17. The van der Waals surface area contributed by atoms with Crippen molar-refractivity contribution in [1.82, 2.24) is 4.90 Å². The largest absolute Gasteiger partial charge is 0.504 e. The average molecular weight is 475 g/mol. The van der Waals surface area contributed by atoms with Gasteiger partial charge in [0.15, 0.2) is 17.8 Å². The van der Waals surface area contributed by atoms with E-state index in [1.807, 2.05) is 0 Å². The monoisotopic (exact) mass is 475 g/mol. The Balaban J connectivity index is 2.19. The summed E-state index contributed by atoms with van der Waals surface area (Å²) in [4.78, 5) is 35.4. The van der Waals surface area contributed by atoms with E-state index in [0.717, 1.165) is 6.07 Å². The molecule has 0 bridgehead atoms. The van der Waals surface area contributed by atoms with Crippen LogP contribution < -0.4 is 4.74 Å². The SMILES string of the molecule is O=Cc1c(O)c(OC(=O)C(F)(F)F)cc2c1CCN(C(=O)C(F)(F)F)CC2c1ccccc1. The van der Waals surface area contributed by atoms with E-state index in [2.05, 4.69) is 4.74 Å². The Morgan fingerprint density at radius 3 is 2.24 bits per heavy atom. The maximum atomic E-state index is 13.1. The van der Waals surface area contributed by atoms with Gasteiger partial charge in [-0.1, -0.05) is 30.3 Å². The summed E-state index contributed by atoms with van der Waals surface area (Å²) >= 11 is 0. The number of ether oxygens (including phenoxy) is 1. The zero-order chi connectivity index (χ0) is 24.6. The van der Waals surface area contributed by atoms with Crippen LogP contribution in [0.4, 0.5) is 26.3 Å². The molecule has 0 radical (unpaired) electrons. The van der Waals surface area contributed by atoms with Crippen molar-refractivity contribution in [2.75, 3.05) is 13.1 Å². The topological polar surface area (TPSA) is 83.9 Å². The number of carbonyl (C=O) groups excluding carboxylic acids is 3. The van der Waals surface area contributed by atoms with Crippen molar-refractivity contribution in [1.29, 1.82) is 0 Å². The van der Waals surface area contributed by atoms with Gasteiger partial charge in [0.25, 0.3) is 0 Å². The Kier molecular flexibility index (Phi) is 6.39. The third-order valence-electron chi connectivity index (χ3n) is 5.14.